The Balaban J connectivity index is 1.39. The minimum Gasteiger partial charge on any atom is -0.459 e. The predicted octanol–water partition coefficient (Wildman–Crippen LogP) is 2.85. The number of benzene rings is 1. The molecule has 0 radical (unpaired) electrons. The molecule has 0 spiro atoms. The average Bonchev–Trinajstić information content (AvgIpc) is 3.40. The summed E-state index contributed by atoms with van der Waals surface area (Å²) in [6.45, 7) is 4.83. The van der Waals surface area contributed by atoms with E-state index in [9.17, 15) is 4.79 Å². The first-order chi connectivity index (χ1) is 12.7. The van der Waals surface area contributed by atoms with Crippen molar-refractivity contribution in [2.24, 2.45) is 0 Å². The maximum atomic E-state index is 12.3. The van der Waals surface area contributed by atoms with E-state index in [1.54, 1.807) is 12.1 Å². The predicted molar refractivity (Wildman–Crippen MR) is 94.3 cm³/mol. The molecule has 1 aromatic carbocycles. The van der Waals surface area contributed by atoms with E-state index in [0.717, 1.165) is 18.7 Å². The number of carbonyl (C=O) groups is 1. The minimum atomic E-state index is -0.0635. The highest BCUT2D eigenvalue weighted by atomic mass is 16.5. The zero-order valence-electron chi connectivity index (χ0n) is 14.5. The Bertz CT molecular complexity index is 852. The molecule has 0 unspecified atom stereocenters. The summed E-state index contributed by atoms with van der Waals surface area (Å²) in [4.78, 5) is 20.9. The first-order valence-electron chi connectivity index (χ1n) is 8.68. The van der Waals surface area contributed by atoms with Gasteiger partial charge in [-0.15, -0.1) is 0 Å². The number of hydrogen-bond donors (Lipinski definition) is 0. The summed E-state index contributed by atoms with van der Waals surface area (Å²) in [6, 6.07) is 13.2. The smallest absolute Gasteiger partial charge is 0.289 e. The van der Waals surface area contributed by atoms with Gasteiger partial charge in [0.25, 0.3) is 5.91 Å². The third-order valence-corrected chi connectivity index (χ3v) is 4.71. The largest absolute Gasteiger partial charge is 0.459 e. The molecule has 0 saturated carbocycles. The number of nitrogens with zero attached hydrogens (tertiary/aromatic N) is 4. The summed E-state index contributed by atoms with van der Waals surface area (Å²) in [5.74, 6) is 1.51. The first-order valence-corrected chi connectivity index (χ1v) is 8.68. The Morgan fingerprint density at radius 2 is 1.85 bits per heavy atom. The summed E-state index contributed by atoms with van der Waals surface area (Å²) >= 11 is 0. The van der Waals surface area contributed by atoms with Gasteiger partial charge in [0.2, 0.25) is 11.7 Å². The second-order valence-corrected chi connectivity index (χ2v) is 6.30. The van der Waals surface area contributed by atoms with Gasteiger partial charge in [0.1, 0.15) is 0 Å². The number of amides is 1. The van der Waals surface area contributed by atoms with Crippen molar-refractivity contribution in [3.05, 3.63) is 60.4 Å². The van der Waals surface area contributed by atoms with Gasteiger partial charge in [-0.2, -0.15) is 4.98 Å². The van der Waals surface area contributed by atoms with E-state index in [0.29, 0.717) is 30.6 Å². The summed E-state index contributed by atoms with van der Waals surface area (Å²) in [5, 5.41) is 4.09. The second-order valence-electron chi connectivity index (χ2n) is 6.30. The van der Waals surface area contributed by atoms with E-state index < -0.39 is 0 Å². The molecule has 0 aliphatic carbocycles. The highest BCUT2D eigenvalue weighted by Gasteiger charge is 2.28. The molecular weight excluding hydrogens is 332 g/mol. The molecule has 0 N–H and O–H groups in total. The van der Waals surface area contributed by atoms with Crippen molar-refractivity contribution in [1.29, 1.82) is 0 Å². The van der Waals surface area contributed by atoms with Gasteiger partial charge in [-0.05, 0) is 19.1 Å². The Morgan fingerprint density at radius 1 is 1.08 bits per heavy atom. The average molecular weight is 352 g/mol. The van der Waals surface area contributed by atoms with Crippen LogP contribution in [0.5, 0.6) is 0 Å². The van der Waals surface area contributed by atoms with Crippen molar-refractivity contribution in [3.63, 3.8) is 0 Å². The van der Waals surface area contributed by atoms with Crippen LogP contribution < -0.4 is 0 Å². The van der Waals surface area contributed by atoms with Crippen LogP contribution in [0.25, 0.3) is 11.4 Å². The standard InChI is InChI=1S/C19H20N4O3/c1-14(18-20-17(21-26-18)15-6-3-2-4-7-15)22-9-11-23(12-10-22)19(24)16-8-5-13-25-16/h2-8,13-14H,9-12H2,1H3/t14-/m0/s1. The first kappa shape index (κ1) is 16.5. The van der Waals surface area contributed by atoms with Gasteiger partial charge in [-0.25, -0.2) is 0 Å². The summed E-state index contributed by atoms with van der Waals surface area (Å²) in [6.07, 6.45) is 1.52. The van der Waals surface area contributed by atoms with Crippen molar-refractivity contribution >= 4 is 5.91 Å². The molecule has 2 aromatic heterocycles. The lowest BCUT2D eigenvalue weighted by Crippen LogP contribution is -2.49. The summed E-state index contributed by atoms with van der Waals surface area (Å²) in [5.41, 5.74) is 0.934. The van der Waals surface area contributed by atoms with Gasteiger partial charge in [0.05, 0.1) is 12.3 Å². The molecule has 1 atom stereocenters. The lowest BCUT2D eigenvalue weighted by molar-refractivity contribution is 0.0524. The van der Waals surface area contributed by atoms with E-state index in [1.807, 2.05) is 42.2 Å². The number of rotatable bonds is 4. The van der Waals surface area contributed by atoms with Crippen molar-refractivity contribution in [2.75, 3.05) is 26.2 Å². The van der Waals surface area contributed by atoms with Crippen molar-refractivity contribution in [2.45, 2.75) is 13.0 Å². The van der Waals surface area contributed by atoms with Gasteiger partial charge in [0.15, 0.2) is 5.76 Å². The molecule has 1 fully saturated rings. The summed E-state index contributed by atoms with van der Waals surface area (Å²) in [7, 11) is 0. The van der Waals surface area contributed by atoms with Crippen molar-refractivity contribution < 1.29 is 13.7 Å². The molecule has 1 saturated heterocycles. The Kier molecular flexibility index (Phi) is 4.53. The lowest BCUT2D eigenvalue weighted by atomic mass is 10.2. The fourth-order valence-corrected chi connectivity index (χ4v) is 3.13. The minimum absolute atomic E-state index is 0.000766. The van der Waals surface area contributed by atoms with Gasteiger partial charge < -0.3 is 13.8 Å². The van der Waals surface area contributed by atoms with E-state index in [-0.39, 0.29) is 11.9 Å². The maximum absolute atomic E-state index is 12.3. The van der Waals surface area contributed by atoms with Crippen LogP contribution in [0.4, 0.5) is 0 Å². The molecule has 4 rings (SSSR count). The van der Waals surface area contributed by atoms with Crippen LogP contribution in [0.15, 0.2) is 57.7 Å². The molecular formula is C19H20N4O3. The van der Waals surface area contributed by atoms with Crippen LogP contribution in [0.3, 0.4) is 0 Å². The molecule has 1 aliphatic heterocycles. The lowest BCUT2D eigenvalue weighted by Gasteiger charge is -2.36. The van der Waals surface area contributed by atoms with E-state index in [2.05, 4.69) is 15.0 Å². The summed E-state index contributed by atoms with van der Waals surface area (Å²) < 4.78 is 10.7. The van der Waals surface area contributed by atoms with Crippen LogP contribution in [-0.2, 0) is 0 Å². The Hall–Kier alpha value is -2.93. The fourth-order valence-electron chi connectivity index (χ4n) is 3.13. The molecule has 1 amide bonds. The van der Waals surface area contributed by atoms with Gasteiger partial charge in [-0.1, -0.05) is 35.5 Å². The third-order valence-electron chi connectivity index (χ3n) is 4.71. The molecule has 3 heterocycles. The van der Waals surface area contributed by atoms with Crippen LogP contribution in [0.2, 0.25) is 0 Å². The van der Waals surface area contributed by atoms with Gasteiger partial charge in [0, 0.05) is 31.7 Å². The maximum Gasteiger partial charge on any atom is 0.289 e. The Labute approximate surface area is 151 Å². The molecule has 26 heavy (non-hydrogen) atoms. The highest BCUT2D eigenvalue weighted by molar-refractivity contribution is 5.91. The normalized spacial score (nSPS) is 16.6. The Morgan fingerprint density at radius 3 is 2.54 bits per heavy atom. The highest BCUT2D eigenvalue weighted by Crippen LogP contribution is 2.23. The zero-order chi connectivity index (χ0) is 17.9. The van der Waals surface area contributed by atoms with Crippen LogP contribution >= 0.6 is 0 Å². The molecule has 0 bridgehead atoms. The van der Waals surface area contributed by atoms with Crippen molar-refractivity contribution in [1.82, 2.24) is 19.9 Å². The third kappa shape index (κ3) is 3.25. The number of hydrogen-bond acceptors (Lipinski definition) is 6. The van der Waals surface area contributed by atoms with Gasteiger partial charge in [-0.3, -0.25) is 9.69 Å². The number of aromatic nitrogens is 2. The molecule has 1 aliphatic rings. The quantitative estimate of drug-likeness (QED) is 0.719. The molecule has 7 nitrogen and oxygen atoms in total. The monoisotopic (exact) mass is 352 g/mol. The van der Waals surface area contributed by atoms with E-state index in [1.165, 1.54) is 6.26 Å². The molecule has 134 valence electrons. The van der Waals surface area contributed by atoms with E-state index >= 15 is 0 Å². The zero-order valence-corrected chi connectivity index (χ0v) is 14.5. The molecule has 7 heteroatoms. The van der Waals surface area contributed by atoms with Crippen molar-refractivity contribution in [3.8, 4) is 11.4 Å². The van der Waals surface area contributed by atoms with E-state index in [4.69, 9.17) is 8.94 Å². The van der Waals surface area contributed by atoms with Crippen LogP contribution in [0, 0.1) is 0 Å². The van der Waals surface area contributed by atoms with Gasteiger partial charge >= 0.3 is 0 Å². The van der Waals surface area contributed by atoms with Crippen LogP contribution in [-0.4, -0.2) is 52.0 Å². The number of piperazine rings is 1. The van der Waals surface area contributed by atoms with Crippen LogP contribution in [0.1, 0.15) is 29.4 Å². The number of furan rings is 1. The second kappa shape index (κ2) is 7.13. The molecule has 3 aromatic rings. The SMILES string of the molecule is C[C@@H](c1nc(-c2ccccc2)no1)N1CCN(C(=O)c2ccco2)CC1. The topological polar surface area (TPSA) is 75.6 Å². The number of carbonyl (C=O) groups excluding carboxylic acids is 1. The fraction of sp³-hybridized carbons (Fsp3) is 0.316.